The number of carbonyl (C=O) groups excluding carboxylic acids is 3. The highest BCUT2D eigenvalue weighted by Crippen LogP contribution is 2.28. The predicted octanol–water partition coefficient (Wildman–Crippen LogP) is 3.13. The Labute approximate surface area is 177 Å². The van der Waals surface area contributed by atoms with Crippen LogP contribution in [0.25, 0.3) is 6.08 Å². The first kappa shape index (κ1) is 23.1. The normalized spacial score (nSPS) is 10.3. The van der Waals surface area contributed by atoms with Gasteiger partial charge in [0.05, 0.1) is 12.7 Å². The number of hydrogen-bond acceptors (Lipinski definition) is 7. The lowest BCUT2D eigenvalue weighted by Crippen LogP contribution is -2.14. The molecular weight excluding hydrogens is 407 g/mol. The van der Waals surface area contributed by atoms with E-state index in [1.165, 1.54) is 32.2 Å². The standard InChI is InChI=1S/C22H19FN2O6/c1-14(26)25-16-5-6-17(18(23)12-16)19(27)13-31-22(28)8-4-15-3-7-20(30-10-9-24)21(11-15)29-2/h3-8,11-12H,10,13H2,1-2H3,(H,25,26). The Hall–Kier alpha value is -4.19. The third kappa shape index (κ3) is 6.97. The Morgan fingerprint density at radius 3 is 2.58 bits per heavy atom. The van der Waals surface area contributed by atoms with Crippen LogP contribution in [-0.4, -0.2) is 38.0 Å². The first-order chi connectivity index (χ1) is 14.8. The number of nitrogens with one attached hydrogen (secondary N) is 1. The summed E-state index contributed by atoms with van der Waals surface area (Å²) in [6, 6.07) is 10.2. The number of nitrogens with zero attached hydrogens (tertiary/aromatic N) is 1. The minimum atomic E-state index is -0.839. The van der Waals surface area contributed by atoms with Crippen molar-refractivity contribution in [2.75, 3.05) is 25.6 Å². The maximum absolute atomic E-state index is 14.1. The van der Waals surface area contributed by atoms with Gasteiger partial charge < -0.3 is 19.5 Å². The average Bonchev–Trinajstić information content (AvgIpc) is 2.74. The molecule has 2 aromatic carbocycles. The molecule has 0 saturated heterocycles. The second kappa shape index (κ2) is 11.1. The van der Waals surface area contributed by atoms with E-state index in [0.29, 0.717) is 17.1 Å². The van der Waals surface area contributed by atoms with Crippen LogP contribution in [0.2, 0.25) is 0 Å². The van der Waals surface area contributed by atoms with Crippen molar-refractivity contribution in [2.45, 2.75) is 6.92 Å². The molecule has 0 aromatic heterocycles. The molecule has 160 valence electrons. The van der Waals surface area contributed by atoms with Crippen LogP contribution in [0.5, 0.6) is 11.5 Å². The van der Waals surface area contributed by atoms with Gasteiger partial charge >= 0.3 is 5.97 Å². The van der Waals surface area contributed by atoms with Crippen molar-refractivity contribution in [3.63, 3.8) is 0 Å². The Kier molecular flexibility index (Phi) is 8.28. The number of ketones is 1. The molecule has 0 heterocycles. The molecule has 0 bridgehead atoms. The molecule has 2 aromatic rings. The Bertz CT molecular complexity index is 1060. The van der Waals surface area contributed by atoms with Gasteiger partial charge in [-0.05, 0) is 42.0 Å². The van der Waals surface area contributed by atoms with Gasteiger partial charge in [0.1, 0.15) is 11.9 Å². The van der Waals surface area contributed by atoms with Gasteiger partial charge in [0.2, 0.25) is 11.7 Å². The van der Waals surface area contributed by atoms with Crippen LogP contribution in [0.4, 0.5) is 10.1 Å². The van der Waals surface area contributed by atoms with Crippen molar-refractivity contribution < 1.29 is 33.0 Å². The van der Waals surface area contributed by atoms with E-state index in [0.717, 1.165) is 12.1 Å². The summed E-state index contributed by atoms with van der Waals surface area (Å²) in [5.74, 6) is -1.99. The largest absolute Gasteiger partial charge is 0.493 e. The number of methoxy groups -OCH3 is 1. The maximum atomic E-state index is 14.1. The van der Waals surface area contributed by atoms with Gasteiger partial charge in [-0.3, -0.25) is 9.59 Å². The van der Waals surface area contributed by atoms with Crippen molar-refractivity contribution in [2.24, 2.45) is 0 Å². The number of ether oxygens (including phenoxy) is 3. The number of Topliss-reactive ketones (excluding diaryl/α,β-unsaturated/α-hetero) is 1. The Balaban J connectivity index is 1.95. The van der Waals surface area contributed by atoms with E-state index in [2.05, 4.69) is 5.32 Å². The molecule has 0 aliphatic heterocycles. The number of benzene rings is 2. The summed E-state index contributed by atoms with van der Waals surface area (Å²) >= 11 is 0. The summed E-state index contributed by atoms with van der Waals surface area (Å²) in [4.78, 5) is 35.0. The molecule has 1 N–H and O–H groups in total. The van der Waals surface area contributed by atoms with Crippen LogP contribution in [0.15, 0.2) is 42.5 Å². The van der Waals surface area contributed by atoms with Gasteiger partial charge in [0, 0.05) is 18.7 Å². The lowest BCUT2D eigenvalue weighted by atomic mass is 10.1. The topological polar surface area (TPSA) is 115 Å². The summed E-state index contributed by atoms with van der Waals surface area (Å²) in [6.45, 7) is 0.489. The van der Waals surface area contributed by atoms with Crippen molar-refractivity contribution >= 4 is 29.4 Å². The number of carbonyl (C=O) groups is 3. The molecule has 8 nitrogen and oxygen atoms in total. The molecule has 0 aliphatic carbocycles. The van der Waals surface area contributed by atoms with Crippen LogP contribution in [-0.2, 0) is 14.3 Å². The highest BCUT2D eigenvalue weighted by Gasteiger charge is 2.14. The number of hydrogen-bond donors (Lipinski definition) is 1. The number of anilines is 1. The van der Waals surface area contributed by atoms with Crippen molar-refractivity contribution in [1.29, 1.82) is 5.26 Å². The molecule has 0 aliphatic rings. The summed E-state index contributed by atoms with van der Waals surface area (Å²) in [5, 5.41) is 11.0. The highest BCUT2D eigenvalue weighted by atomic mass is 19.1. The van der Waals surface area contributed by atoms with Crippen molar-refractivity contribution in [1.82, 2.24) is 0 Å². The fourth-order valence-corrected chi connectivity index (χ4v) is 2.47. The number of amides is 1. The molecule has 0 radical (unpaired) electrons. The minimum Gasteiger partial charge on any atom is -0.493 e. The van der Waals surface area contributed by atoms with Crippen molar-refractivity contribution in [3.05, 3.63) is 59.4 Å². The third-order valence-electron chi connectivity index (χ3n) is 3.83. The van der Waals surface area contributed by atoms with Crippen molar-refractivity contribution in [3.8, 4) is 17.6 Å². The molecular formula is C22H19FN2O6. The van der Waals surface area contributed by atoms with Gasteiger partial charge in [0.25, 0.3) is 0 Å². The summed E-state index contributed by atoms with van der Waals surface area (Å²) in [6.07, 6.45) is 2.54. The van der Waals surface area contributed by atoms with E-state index >= 15 is 0 Å². The van der Waals surface area contributed by atoms with E-state index in [4.69, 9.17) is 19.5 Å². The first-order valence-corrected chi connectivity index (χ1v) is 8.97. The number of rotatable bonds is 9. The molecule has 0 atom stereocenters. The highest BCUT2D eigenvalue weighted by molar-refractivity contribution is 5.99. The van der Waals surface area contributed by atoms with Crippen LogP contribution in [0, 0.1) is 17.1 Å². The monoisotopic (exact) mass is 426 g/mol. The van der Waals surface area contributed by atoms with E-state index < -0.39 is 24.2 Å². The zero-order valence-electron chi connectivity index (χ0n) is 16.8. The fraction of sp³-hybridized carbons (Fsp3) is 0.182. The first-order valence-electron chi connectivity index (χ1n) is 8.97. The van der Waals surface area contributed by atoms with Crippen LogP contribution < -0.4 is 14.8 Å². The number of esters is 1. The third-order valence-corrected chi connectivity index (χ3v) is 3.83. The van der Waals surface area contributed by atoms with Gasteiger partial charge in [-0.2, -0.15) is 5.26 Å². The zero-order valence-corrected chi connectivity index (χ0v) is 16.8. The molecule has 0 fully saturated rings. The zero-order chi connectivity index (χ0) is 22.8. The van der Waals surface area contributed by atoms with Crippen LogP contribution in [0.3, 0.4) is 0 Å². The summed E-state index contributed by atoms with van der Waals surface area (Å²) in [5.41, 5.74) is 0.536. The molecule has 2 rings (SSSR count). The molecule has 0 unspecified atom stereocenters. The lowest BCUT2D eigenvalue weighted by molar-refractivity contribution is -0.136. The summed E-state index contributed by atoms with van der Waals surface area (Å²) < 4.78 is 29.3. The molecule has 9 heteroatoms. The van der Waals surface area contributed by atoms with Crippen LogP contribution >= 0.6 is 0 Å². The maximum Gasteiger partial charge on any atom is 0.331 e. The molecule has 1 amide bonds. The van der Waals surface area contributed by atoms with E-state index in [1.807, 2.05) is 6.07 Å². The number of nitriles is 1. The second-order valence-corrected chi connectivity index (χ2v) is 6.10. The fourth-order valence-electron chi connectivity index (χ4n) is 2.47. The van der Waals surface area contributed by atoms with Gasteiger partial charge in [-0.15, -0.1) is 0 Å². The Morgan fingerprint density at radius 2 is 1.94 bits per heavy atom. The summed E-state index contributed by atoms with van der Waals surface area (Å²) in [7, 11) is 1.43. The molecule has 31 heavy (non-hydrogen) atoms. The van der Waals surface area contributed by atoms with Gasteiger partial charge in [0.15, 0.2) is 24.7 Å². The van der Waals surface area contributed by atoms with Gasteiger partial charge in [-0.1, -0.05) is 6.07 Å². The smallest absolute Gasteiger partial charge is 0.331 e. The molecule has 0 spiro atoms. The van der Waals surface area contributed by atoms with E-state index in [-0.39, 0.29) is 23.8 Å². The lowest BCUT2D eigenvalue weighted by Gasteiger charge is -2.08. The van der Waals surface area contributed by atoms with E-state index in [9.17, 15) is 18.8 Å². The Morgan fingerprint density at radius 1 is 1.16 bits per heavy atom. The van der Waals surface area contributed by atoms with Crippen LogP contribution in [0.1, 0.15) is 22.8 Å². The average molecular weight is 426 g/mol. The second-order valence-electron chi connectivity index (χ2n) is 6.10. The number of halogens is 1. The molecule has 0 saturated carbocycles. The quantitative estimate of drug-likeness (QED) is 0.372. The van der Waals surface area contributed by atoms with E-state index in [1.54, 1.807) is 18.2 Å². The SMILES string of the molecule is COc1cc(C=CC(=O)OCC(=O)c2ccc(NC(C)=O)cc2F)ccc1OCC#N. The predicted molar refractivity (Wildman–Crippen MR) is 109 cm³/mol. The van der Waals surface area contributed by atoms with Gasteiger partial charge in [-0.25, -0.2) is 9.18 Å². The minimum absolute atomic E-state index is 0.136.